The molecule has 0 spiro atoms. The van der Waals surface area contributed by atoms with Crippen LogP contribution < -0.4 is 5.32 Å². The molecular formula is C13H17N3O2S. The fraction of sp³-hybridized carbons (Fsp3) is 0.462. The molecule has 0 aliphatic carbocycles. The third kappa shape index (κ3) is 3.26. The number of nitrogens with zero attached hydrogens (tertiary/aromatic N) is 2. The van der Waals surface area contributed by atoms with Crippen molar-refractivity contribution < 1.29 is 4.92 Å². The van der Waals surface area contributed by atoms with E-state index in [-0.39, 0.29) is 10.6 Å². The Bertz CT molecular complexity index is 529. The molecule has 0 bridgehead atoms. The molecule has 0 radical (unpaired) electrons. The van der Waals surface area contributed by atoms with Gasteiger partial charge in [-0.05, 0) is 24.5 Å². The third-order valence-electron chi connectivity index (χ3n) is 3.13. The zero-order valence-corrected chi connectivity index (χ0v) is 12.0. The Labute approximate surface area is 116 Å². The van der Waals surface area contributed by atoms with Crippen molar-refractivity contribution in [2.24, 2.45) is 10.9 Å². The number of rotatable bonds is 3. The molecule has 1 aromatic rings. The lowest BCUT2D eigenvalue weighted by Gasteiger charge is -2.13. The Kier molecular flexibility index (Phi) is 4.09. The maximum atomic E-state index is 10.7. The minimum atomic E-state index is -0.388. The fourth-order valence-electron chi connectivity index (χ4n) is 1.82. The van der Waals surface area contributed by atoms with Gasteiger partial charge in [-0.2, -0.15) is 0 Å². The van der Waals surface area contributed by atoms with Crippen LogP contribution in [0.1, 0.15) is 19.4 Å². The van der Waals surface area contributed by atoms with E-state index in [9.17, 15) is 10.1 Å². The molecule has 5 nitrogen and oxygen atoms in total. The number of hydrogen-bond donors (Lipinski definition) is 1. The number of benzene rings is 1. The Balaban J connectivity index is 2.18. The first-order chi connectivity index (χ1) is 8.97. The molecule has 1 aromatic carbocycles. The van der Waals surface area contributed by atoms with E-state index in [4.69, 9.17) is 0 Å². The van der Waals surface area contributed by atoms with Crippen molar-refractivity contribution in [3.8, 4) is 0 Å². The van der Waals surface area contributed by atoms with Crippen molar-refractivity contribution in [2.75, 3.05) is 5.75 Å². The molecule has 0 amide bonds. The van der Waals surface area contributed by atoms with Crippen molar-refractivity contribution >= 4 is 28.3 Å². The van der Waals surface area contributed by atoms with E-state index < -0.39 is 0 Å². The molecule has 1 saturated heterocycles. The minimum absolute atomic E-state index is 0.105. The Hall–Kier alpha value is -1.56. The number of thioether (sulfide) groups is 1. The maximum absolute atomic E-state index is 10.7. The molecule has 19 heavy (non-hydrogen) atoms. The van der Waals surface area contributed by atoms with Crippen molar-refractivity contribution in [2.45, 2.75) is 26.8 Å². The molecule has 0 aromatic heterocycles. The molecular weight excluding hydrogens is 262 g/mol. The topological polar surface area (TPSA) is 67.5 Å². The molecule has 6 heteroatoms. The van der Waals surface area contributed by atoms with Gasteiger partial charge in [-0.15, -0.1) is 0 Å². The van der Waals surface area contributed by atoms with Crippen molar-refractivity contribution in [1.82, 2.24) is 5.32 Å². The van der Waals surface area contributed by atoms with Crippen LogP contribution in [0, 0.1) is 23.0 Å². The first kappa shape index (κ1) is 13.9. The third-order valence-corrected chi connectivity index (χ3v) is 4.13. The number of aliphatic imine (C=N–C) groups is 1. The van der Waals surface area contributed by atoms with Gasteiger partial charge < -0.3 is 5.32 Å². The monoisotopic (exact) mass is 279 g/mol. The van der Waals surface area contributed by atoms with Crippen LogP contribution in [-0.2, 0) is 0 Å². The molecule has 102 valence electrons. The summed E-state index contributed by atoms with van der Waals surface area (Å²) >= 11 is 1.70. The van der Waals surface area contributed by atoms with Gasteiger partial charge in [-0.25, -0.2) is 4.99 Å². The van der Waals surface area contributed by atoms with Gasteiger partial charge in [-0.1, -0.05) is 25.6 Å². The maximum Gasteiger partial charge on any atom is 0.269 e. The summed E-state index contributed by atoms with van der Waals surface area (Å²) in [6.45, 7) is 6.20. The smallest absolute Gasteiger partial charge is 0.269 e. The second-order valence-electron chi connectivity index (χ2n) is 4.95. The van der Waals surface area contributed by atoms with E-state index in [1.165, 1.54) is 6.07 Å². The highest BCUT2D eigenvalue weighted by Crippen LogP contribution is 2.27. The van der Waals surface area contributed by atoms with E-state index in [1.807, 2.05) is 6.92 Å². The lowest BCUT2D eigenvalue weighted by atomic mass is 10.1. The molecule has 1 aliphatic heterocycles. The first-order valence-corrected chi connectivity index (χ1v) is 7.19. The summed E-state index contributed by atoms with van der Waals surface area (Å²) in [5, 5.41) is 15.0. The van der Waals surface area contributed by atoms with Crippen LogP contribution in [0.25, 0.3) is 0 Å². The van der Waals surface area contributed by atoms with Gasteiger partial charge in [0.15, 0.2) is 5.17 Å². The lowest BCUT2D eigenvalue weighted by Crippen LogP contribution is -2.31. The summed E-state index contributed by atoms with van der Waals surface area (Å²) in [5.74, 6) is 1.58. The van der Waals surface area contributed by atoms with Gasteiger partial charge in [0.05, 0.1) is 10.6 Å². The number of nitro groups is 1. The molecule has 1 aliphatic rings. The van der Waals surface area contributed by atoms with Gasteiger partial charge in [0.25, 0.3) is 5.69 Å². The number of amidine groups is 1. The van der Waals surface area contributed by atoms with Gasteiger partial charge in [-0.3, -0.25) is 10.1 Å². The molecule has 2 rings (SSSR count). The molecule has 1 atom stereocenters. The number of non-ortho nitro benzene ring substituents is 1. The van der Waals surface area contributed by atoms with E-state index in [0.717, 1.165) is 22.2 Å². The highest BCUT2D eigenvalue weighted by molar-refractivity contribution is 8.14. The highest BCUT2D eigenvalue weighted by Gasteiger charge is 2.23. The van der Waals surface area contributed by atoms with Gasteiger partial charge in [0, 0.05) is 23.9 Å². The Morgan fingerprint density at radius 1 is 1.53 bits per heavy atom. The second-order valence-corrected chi connectivity index (χ2v) is 5.96. The lowest BCUT2D eigenvalue weighted by molar-refractivity contribution is -0.384. The van der Waals surface area contributed by atoms with E-state index in [2.05, 4.69) is 24.2 Å². The molecule has 1 fully saturated rings. The average molecular weight is 279 g/mol. The van der Waals surface area contributed by atoms with Gasteiger partial charge in [0.2, 0.25) is 0 Å². The summed E-state index contributed by atoms with van der Waals surface area (Å²) in [5.41, 5.74) is 1.70. The largest absolute Gasteiger partial charge is 0.361 e. The number of hydrogen-bond acceptors (Lipinski definition) is 4. The van der Waals surface area contributed by atoms with E-state index in [0.29, 0.717) is 12.0 Å². The number of nitro benzene ring substituents is 1. The van der Waals surface area contributed by atoms with Crippen LogP contribution in [0.5, 0.6) is 0 Å². The van der Waals surface area contributed by atoms with Crippen LogP contribution in [-0.4, -0.2) is 21.9 Å². The predicted octanol–water partition coefficient (Wildman–Crippen LogP) is 3.25. The Morgan fingerprint density at radius 3 is 2.79 bits per heavy atom. The quantitative estimate of drug-likeness (QED) is 0.681. The summed E-state index contributed by atoms with van der Waals surface area (Å²) in [6.07, 6.45) is 0. The standard InChI is InChI=1S/C13H17N3O2S/c1-8(2)12-7-19-13(15-12)14-11-5-4-10(16(17)18)6-9(11)3/h4-6,8,12H,7H2,1-3H3,(H,14,15)/t12-/m1/s1. The number of aryl methyl sites for hydroxylation is 1. The van der Waals surface area contributed by atoms with Crippen molar-refractivity contribution in [3.05, 3.63) is 33.9 Å². The van der Waals surface area contributed by atoms with Gasteiger partial charge in [0.1, 0.15) is 0 Å². The second kappa shape index (κ2) is 5.61. The molecule has 0 unspecified atom stereocenters. The summed E-state index contributed by atoms with van der Waals surface area (Å²) in [4.78, 5) is 14.8. The summed E-state index contributed by atoms with van der Waals surface area (Å²) < 4.78 is 0. The first-order valence-electron chi connectivity index (χ1n) is 6.20. The SMILES string of the molecule is Cc1cc([N+](=O)[O-])ccc1/N=C1/N[C@@H](C(C)C)CS1. The van der Waals surface area contributed by atoms with Crippen LogP contribution in [0.2, 0.25) is 0 Å². The van der Waals surface area contributed by atoms with Crippen LogP contribution in [0.15, 0.2) is 23.2 Å². The number of nitrogens with one attached hydrogen (secondary N) is 1. The van der Waals surface area contributed by atoms with Gasteiger partial charge >= 0.3 is 0 Å². The van der Waals surface area contributed by atoms with E-state index in [1.54, 1.807) is 23.9 Å². The Morgan fingerprint density at radius 2 is 2.26 bits per heavy atom. The van der Waals surface area contributed by atoms with Crippen LogP contribution >= 0.6 is 11.8 Å². The van der Waals surface area contributed by atoms with Crippen molar-refractivity contribution in [1.29, 1.82) is 0 Å². The van der Waals surface area contributed by atoms with Crippen LogP contribution in [0.4, 0.5) is 11.4 Å². The zero-order chi connectivity index (χ0) is 14.0. The minimum Gasteiger partial charge on any atom is -0.361 e. The van der Waals surface area contributed by atoms with Crippen LogP contribution in [0.3, 0.4) is 0 Å². The zero-order valence-electron chi connectivity index (χ0n) is 11.2. The molecule has 1 N–H and O–H groups in total. The average Bonchev–Trinajstić information content (AvgIpc) is 2.80. The van der Waals surface area contributed by atoms with E-state index >= 15 is 0 Å². The molecule has 0 saturated carbocycles. The summed E-state index contributed by atoms with van der Waals surface area (Å²) in [6, 6.07) is 5.19. The predicted molar refractivity (Wildman–Crippen MR) is 79.1 cm³/mol. The van der Waals surface area contributed by atoms with Crippen molar-refractivity contribution in [3.63, 3.8) is 0 Å². The summed E-state index contributed by atoms with van der Waals surface area (Å²) in [7, 11) is 0. The molecule has 1 heterocycles. The fourth-order valence-corrected chi connectivity index (χ4v) is 3.03. The highest BCUT2D eigenvalue weighted by atomic mass is 32.2. The normalized spacial score (nSPS) is 20.8.